The molecule has 2 aliphatic heterocycles. The number of aliphatic imine (C=N–C) groups is 1. The lowest BCUT2D eigenvalue weighted by Gasteiger charge is -2.18. The molecule has 18 heavy (non-hydrogen) atoms. The number of nitrogens with zero attached hydrogens (tertiary/aromatic N) is 1. The highest BCUT2D eigenvalue weighted by Gasteiger charge is 2.23. The zero-order valence-electron chi connectivity index (χ0n) is 10.2. The number of nitrogens with one attached hydrogen (secondary N) is 2. The van der Waals surface area contributed by atoms with Gasteiger partial charge in [-0.15, -0.1) is 24.0 Å². The molecule has 5 heteroatoms. The summed E-state index contributed by atoms with van der Waals surface area (Å²) < 4.78 is 5.65. The summed E-state index contributed by atoms with van der Waals surface area (Å²) in [6, 6.07) is 8.26. The van der Waals surface area contributed by atoms with Gasteiger partial charge in [-0.2, -0.15) is 0 Å². The van der Waals surface area contributed by atoms with Gasteiger partial charge < -0.3 is 15.4 Å². The third-order valence-corrected chi connectivity index (χ3v) is 3.21. The van der Waals surface area contributed by atoms with Gasteiger partial charge in [-0.1, -0.05) is 18.2 Å². The second-order valence-corrected chi connectivity index (χ2v) is 4.44. The number of hydrogen-bond donors (Lipinski definition) is 2. The summed E-state index contributed by atoms with van der Waals surface area (Å²) in [6.45, 7) is 3.58. The van der Waals surface area contributed by atoms with Gasteiger partial charge in [0.15, 0.2) is 5.96 Å². The SMILES string of the molecule is I.c1ccc2c(c1)OCC2CNC1=NCCCN1. The van der Waals surface area contributed by atoms with Crippen LogP contribution < -0.4 is 15.4 Å². The molecule has 98 valence electrons. The second-order valence-electron chi connectivity index (χ2n) is 4.44. The van der Waals surface area contributed by atoms with E-state index in [0.717, 1.165) is 44.4 Å². The lowest BCUT2D eigenvalue weighted by Crippen LogP contribution is -2.42. The Morgan fingerprint density at radius 1 is 1.39 bits per heavy atom. The fourth-order valence-corrected chi connectivity index (χ4v) is 2.27. The molecule has 2 aliphatic rings. The van der Waals surface area contributed by atoms with Gasteiger partial charge in [-0.05, 0) is 12.5 Å². The molecule has 0 aliphatic carbocycles. The van der Waals surface area contributed by atoms with Crippen LogP contribution >= 0.6 is 24.0 Å². The Balaban J connectivity index is 0.00000120. The average Bonchev–Trinajstić information content (AvgIpc) is 2.81. The van der Waals surface area contributed by atoms with E-state index in [1.807, 2.05) is 12.1 Å². The molecular formula is C13H18IN3O. The molecule has 1 unspecified atom stereocenters. The summed E-state index contributed by atoms with van der Waals surface area (Å²) in [6.07, 6.45) is 1.13. The van der Waals surface area contributed by atoms with E-state index in [-0.39, 0.29) is 24.0 Å². The largest absolute Gasteiger partial charge is 0.493 e. The third-order valence-electron chi connectivity index (χ3n) is 3.21. The van der Waals surface area contributed by atoms with Gasteiger partial charge in [0.1, 0.15) is 5.75 Å². The molecule has 4 nitrogen and oxygen atoms in total. The maximum absolute atomic E-state index is 5.65. The van der Waals surface area contributed by atoms with Gasteiger partial charge in [-0.25, -0.2) is 0 Å². The Morgan fingerprint density at radius 3 is 3.11 bits per heavy atom. The maximum Gasteiger partial charge on any atom is 0.191 e. The van der Waals surface area contributed by atoms with Crippen LogP contribution in [0.4, 0.5) is 0 Å². The van der Waals surface area contributed by atoms with Gasteiger partial charge in [0.2, 0.25) is 0 Å². The van der Waals surface area contributed by atoms with E-state index < -0.39 is 0 Å². The van der Waals surface area contributed by atoms with Crippen LogP contribution in [0.2, 0.25) is 0 Å². The molecule has 0 amide bonds. The van der Waals surface area contributed by atoms with E-state index in [1.54, 1.807) is 0 Å². The Hall–Kier alpha value is -0.980. The zero-order valence-corrected chi connectivity index (χ0v) is 12.5. The van der Waals surface area contributed by atoms with Crippen molar-refractivity contribution in [3.8, 4) is 5.75 Å². The summed E-state index contributed by atoms with van der Waals surface area (Å²) >= 11 is 0. The van der Waals surface area contributed by atoms with Crippen LogP contribution in [0, 0.1) is 0 Å². The van der Waals surface area contributed by atoms with Gasteiger partial charge in [0.25, 0.3) is 0 Å². The van der Waals surface area contributed by atoms with Crippen molar-refractivity contribution in [2.24, 2.45) is 4.99 Å². The molecule has 1 aromatic rings. The standard InChI is InChI=1S/C13H17N3O.HI/c1-2-5-12-11(4-1)10(9-17-12)8-16-13-14-6-3-7-15-13;/h1-2,4-5,10H,3,6-9H2,(H2,14,15,16);1H. The van der Waals surface area contributed by atoms with E-state index >= 15 is 0 Å². The first-order valence-electron chi connectivity index (χ1n) is 6.17. The molecule has 0 bridgehead atoms. The predicted octanol–water partition coefficient (Wildman–Crippen LogP) is 1.72. The summed E-state index contributed by atoms with van der Waals surface area (Å²) in [7, 11) is 0. The molecule has 0 saturated carbocycles. The minimum atomic E-state index is 0. The minimum absolute atomic E-state index is 0. The van der Waals surface area contributed by atoms with Crippen LogP contribution in [-0.2, 0) is 0 Å². The second kappa shape index (κ2) is 6.26. The maximum atomic E-state index is 5.65. The average molecular weight is 359 g/mol. The molecule has 1 atom stereocenters. The molecule has 0 fully saturated rings. The highest BCUT2D eigenvalue weighted by Crippen LogP contribution is 2.32. The van der Waals surface area contributed by atoms with Crippen molar-refractivity contribution >= 4 is 29.9 Å². The Labute approximate surface area is 124 Å². The first-order valence-corrected chi connectivity index (χ1v) is 6.17. The first kappa shape index (κ1) is 13.5. The molecule has 3 rings (SSSR count). The topological polar surface area (TPSA) is 45.6 Å². The molecule has 1 aromatic carbocycles. The lowest BCUT2D eigenvalue weighted by atomic mass is 10.0. The van der Waals surface area contributed by atoms with Crippen molar-refractivity contribution in [2.45, 2.75) is 12.3 Å². The van der Waals surface area contributed by atoms with E-state index in [4.69, 9.17) is 4.74 Å². The molecule has 0 radical (unpaired) electrons. The van der Waals surface area contributed by atoms with Crippen LogP contribution in [-0.4, -0.2) is 32.2 Å². The Bertz CT molecular complexity index is 436. The van der Waals surface area contributed by atoms with E-state index in [0.29, 0.717) is 5.92 Å². The van der Waals surface area contributed by atoms with Crippen molar-refractivity contribution in [1.29, 1.82) is 0 Å². The quantitative estimate of drug-likeness (QED) is 0.791. The van der Waals surface area contributed by atoms with Gasteiger partial charge in [-0.3, -0.25) is 4.99 Å². The molecule has 0 saturated heterocycles. The number of ether oxygens (including phenoxy) is 1. The number of rotatable bonds is 2. The van der Waals surface area contributed by atoms with Gasteiger partial charge in [0.05, 0.1) is 6.61 Å². The smallest absolute Gasteiger partial charge is 0.191 e. The molecular weight excluding hydrogens is 341 g/mol. The summed E-state index contributed by atoms with van der Waals surface area (Å²) in [5, 5.41) is 6.63. The van der Waals surface area contributed by atoms with Crippen molar-refractivity contribution in [1.82, 2.24) is 10.6 Å². The van der Waals surface area contributed by atoms with Crippen LogP contribution in [0.3, 0.4) is 0 Å². The van der Waals surface area contributed by atoms with Crippen molar-refractivity contribution in [3.05, 3.63) is 29.8 Å². The van der Waals surface area contributed by atoms with E-state index in [9.17, 15) is 0 Å². The molecule has 0 spiro atoms. The van der Waals surface area contributed by atoms with Gasteiger partial charge in [0, 0.05) is 31.1 Å². The molecule has 2 N–H and O–H groups in total. The lowest BCUT2D eigenvalue weighted by molar-refractivity contribution is 0.330. The van der Waals surface area contributed by atoms with Crippen molar-refractivity contribution in [3.63, 3.8) is 0 Å². The van der Waals surface area contributed by atoms with Crippen LogP contribution in [0.15, 0.2) is 29.3 Å². The molecule has 0 aromatic heterocycles. The molecule has 2 heterocycles. The fourth-order valence-electron chi connectivity index (χ4n) is 2.27. The van der Waals surface area contributed by atoms with Crippen molar-refractivity contribution < 1.29 is 4.74 Å². The number of halogens is 1. The first-order chi connectivity index (χ1) is 8.43. The predicted molar refractivity (Wildman–Crippen MR) is 83.0 cm³/mol. The Kier molecular flexibility index (Phi) is 4.68. The van der Waals surface area contributed by atoms with E-state index in [1.165, 1.54) is 5.56 Å². The van der Waals surface area contributed by atoms with Crippen LogP contribution in [0.1, 0.15) is 17.9 Å². The number of guanidine groups is 1. The number of benzene rings is 1. The van der Waals surface area contributed by atoms with Crippen LogP contribution in [0.25, 0.3) is 0 Å². The number of fused-ring (bicyclic) bond motifs is 1. The normalized spacial score (nSPS) is 20.9. The fraction of sp³-hybridized carbons (Fsp3) is 0.462. The van der Waals surface area contributed by atoms with Crippen molar-refractivity contribution in [2.75, 3.05) is 26.2 Å². The van der Waals surface area contributed by atoms with Crippen LogP contribution in [0.5, 0.6) is 5.75 Å². The zero-order chi connectivity index (χ0) is 11.5. The Morgan fingerprint density at radius 2 is 2.28 bits per heavy atom. The summed E-state index contributed by atoms with van der Waals surface area (Å²) in [4.78, 5) is 4.40. The minimum Gasteiger partial charge on any atom is -0.493 e. The van der Waals surface area contributed by atoms with Gasteiger partial charge >= 0.3 is 0 Å². The highest BCUT2D eigenvalue weighted by molar-refractivity contribution is 14.0. The number of para-hydroxylation sites is 1. The highest BCUT2D eigenvalue weighted by atomic mass is 127. The monoisotopic (exact) mass is 359 g/mol. The summed E-state index contributed by atoms with van der Waals surface area (Å²) in [5.74, 6) is 2.39. The number of hydrogen-bond acceptors (Lipinski definition) is 4. The third kappa shape index (κ3) is 2.88. The van der Waals surface area contributed by atoms with E-state index in [2.05, 4.69) is 27.8 Å². The summed E-state index contributed by atoms with van der Waals surface area (Å²) in [5.41, 5.74) is 1.30.